The summed E-state index contributed by atoms with van der Waals surface area (Å²) in [7, 11) is -5.46. The quantitative estimate of drug-likeness (QED) is 0.558. The van der Waals surface area contributed by atoms with Gasteiger partial charge in [-0.25, -0.2) is 0 Å². The molecule has 0 aromatic heterocycles. The van der Waals surface area contributed by atoms with Crippen LogP contribution in [0.15, 0.2) is 31.7 Å². The first-order valence-electron chi connectivity index (χ1n) is 7.11. The molecule has 1 aromatic rings. The van der Waals surface area contributed by atoms with Crippen LogP contribution in [0.1, 0.15) is 13.8 Å². The number of allylic oxidation sites excluding steroid dienone is 1. The molecule has 12 heteroatoms. The average molecular weight is 443 g/mol. The Labute approximate surface area is 161 Å². The van der Waals surface area contributed by atoms with Crippen LogP contribution in [0.25, 0.3) is 0 Å². The highest BCUT2D eigenvalue weighted by molar-refractivity contribution is 8.24. The van der Waals surface area contributed by atoms with E-state index in [-0.39, 0.29) is 0 Å². The summed E-state index contributed by atoms with van der Waals surface area (Å²) in [6.45, 7) is 3.88. The topological polar surface area (TPSA) is 105 Å². The second kappa shape index (κ2) is 8.40. The van der Waals surface area contributed by atoms with Crippen molar-refractivity contribution in [2.75, 3.05) is 26.1 Å². The normalized spacial score (nSPS) is 14.2. The molecule has 1 heterocycles. The molecule has 1 aliphatic rings. The van der Waals surface area contributed by atoms with E-state index >= 15 is 0 Å². The Balaban J connectivity index is 2.34. The fraction of sp³-hybridized carbons (Fsp3) is 0.429. The number of hydrogen-bond acceptors (Lipinski definition) is 10. The Morgan fingerprint density at radius 1 is 0.846 bits per heavy atom. The minimum absolute atomic E-state index is 0.344. The van der Waals surface area contributed by atoms with Gasteiger partial charge in [0.2, 0.25) is 11.9 Å². The molecule has 1 aliphatic heterocycles. The summed E-state index contributed by atoms with van der Waals surface area (Å²) in [5.41, 5.74) is 1.06. The number of ether oxygens (including phenoxy) is 2. The van der Waals surface area contributed by atoms with Gasteiger partial charge in [0.1, 0.15) is 11.5 Å². The minimum atomic E-state index is -3.79. The molecule has 8 nitrogen and oxygen atoms in total. The number of fused-ring (bicyclic) bond motifs is 1. The molecule has 26 heavy (non-hydrogen) atoms. The van der Waals surface area contributed by atoms with Crippen molar-refractivity contribution in [3.8, 4) is 11.5 Å². The average Bonchev–Trinajstić information content (AvgIpc) is 3.04. The van der Waals surface area contributed by atoms with Crippen LogP contribution in [-0.2, 0) is 28.6 Å². The molecule has 146 valence electrons. The third-order valence-electron chi connectivity index (χ3n) is 3.06. The fourth-order valence-electron chi connectivity index (χ4n) is 1.73. The van der Waals surface area contributed by atoms with Crippen LogP contribution in [0.5, 0.6) is 11.5 Å². The summed E-state index contributed by atoms with van der Waals surface area (Å²) in [6, 6.07) is 3.06. The molecular weight excluding hydrogens is 424 g/mol. The van der Waals surface area contributed by atoms with Gasteiger partial charge in [0, 0.05) is 4.24 Å². The van der Waals surface area contributed by atoms with Crippen LogP contribution in [0.2, 0.25) is 0 Å². The molecule has 0 radical (unpaired) electrons. The van der Waals surface area contributed by atoms with Crippen LogP contribution in [0, 0.1) is 0 Å². The molecular formula is C14H18O8S4. The van der Waals surface area contributed by atoms with Crippen molar-refractivity contribution < 1.29 is 34.7 Å². The van der Waals surface area contributed by atoms with E-state index in [1.165, 1.54) is 35.7 Å². The van der Waals surface area contributed by atoms with E-state index in [2.05, 4.69) is 8.37 Å². The first-order chi connectivity index (χ1) is 12.1. The van der Waals surface area contributed by atoms with Gasteiger partial charge in [-0.15, -0.1) is 0 Å². The Morgan fingerprint density at radius 3 is 1.54 bits per heavy atom. The third kappa shape index (κ3) is 5.30. The van der Waals surface area contributed by atoms with E-state index in [1.807, 2.05) is 13.8 Å². The Bertz CT molecular complexity index is 846. The molecule has 2 rings (SSSR count). The third-order valence-corrected chi connectivity index (χ3v) is 7.93. The standard InChI is InChI=1S/C14H18O8S4/c1-9(2)14-23-12-10(21-7-25(15,16)19-3)5-6-11(13(12)24-14)22-8-26(17,18)20-4/h5-6H,7-8H2,1-4H3. The van der Waals surface area contributed by atoms with Crippen molar-refractivity contribution in [1.29, 1.82) is 0 Å². The molecule has 1 aromatic carbocycles. The molecule has 0 saturated carbocycles. The van der Waals surface area contributed by atoms with Gasteiger partial charge < -0.3 is 9.47 Å². The predicted molar refractivity (Wildman–Crippen MR) is 99.4 cm³/mol. The van der Waals surface area contributed by atoms with Gasteiger partial charge in [0.05, 0.1) is 24.0 Å². The van der Waals surface area contributed by atoms with E-state index in [9.17, 15) is 16.8 Å². The van der Waals surface area contributed by atoms with Crippen LogP contribution in [-0.4, -0.2) is 42.9 Å². The van der Waals surface area contributed by atoms with Crippen LogP contribution >= 0.6 is 23.5 Å². The number of benzene rings is 1. The van der Waals surface area contributed by atoms with E-state index < -0.39 is 32.1 Å². The van der Waals surface area contributed by atoms with Gasteiger partial charge in [0.25, 0.3) is 0 Å². The van der Waals surface area contributed by atoms with Crippen molar-refractivity contribution >= 4 is 43.8 Å². The Kier molecular flexibility index (Phi) is 6.91. The summed E-state index contributed by atoms with van der Waals surface area (Å²) in [6.07, 6.45) is 0. The largest absolute Gasteiger partial charge is 0.474 e. The molecule has 0 amide bonds. The van der Waals surface area contributed by atoms with E-state index in [1.54, 1.807) is 0 Å². The van der Waals surface area contributed by atoms with Gasteiger partial charge in [-0.2, -0.15) is 16.8 Å². The predicted octanol–water partition coefficient (Wildman–Crippen LogP) is 2.76. The summed E-state index contributed by atoms with van der Waals surface area (Å²) in [5.74, 6) is -0.583. The van der Waals surface area contributed by atoms with Gasteiger partial charge in [-0.05, 0) is 26.0 Å². The molecule has 0 aliphatic carbocycles. The first kappa shape index (κ1) is 21.4. The maximum Gasteiger partial charge on any atom is 0.302 e. The van der Waals surface area contributed by atoms with Crippen molar-refractivity contribution in [3.05, 3.63) is 21.9 Å². The lowest BCUT2D eigenvalue weighted by atomic mass is 10.3. The van der Waals surface area contributed by atoms with Gasteiger partial charge in [-0.1, -0.05) is 29.1 Å². The minimum Gasteiger partial charge on any atom is -0.474 e. The molecule has 0 fully saturated rings. The lowest BCUT2D eigenvalue weighted by Crippen LogP contribution is -2.14. The number of thioether (sulfide) groups is 2. The smallest absolute Gasteiger partial charge is 0.302 e. The summed E-state index contributed by atoms with van der Waals surface area (Å²) in [4.78, 5) is 1.31. The summed E-state index contributed by atoms with van der Waals surface area (Å²) >= 11 is 2.81. The van der Waals surface area contributed by atoms with Crippen LogP contribution in [0.3, 0.4) is 0 Å². The van der Waals surface area contributed by atoms with Crippen molar-refractivity contribution in [1.82, 2.24) is 0 Å². The van der Waals surface area contributed by atoms with Crippen molar-refractivity contribution in [2.45, 2.75) is 23.6 Å². The second-order valence-corrected chi connectivity index (χ2v) is 10.9. The highest BCUT2D eigenvalue weighted by atomic mass is 32.2. The van der Waals surface area contributed by atoms with E-state index in [0.717, 1.165) is 24.0 Å². The number of rotatable bonds is 8. The zero-order valence-corrected chi connectivity index (χ0v) is 17.7. The lowest BCUT2D eigenvalue weighted by molar-refractivity contribution is 0.314. The molecule has 0 atom stereocenters. The van der Waals surface area contributed by atoms with Gasteiger partial charge >= 0.3 is 20.2 Å². The maximum atomic E-state index is 11.5. The fourth-order valence-corrected chi connectivity index (χ4v) is 5.00. The van der Waals surface area contributed by atoms with Crippen LogP contribution in [0.4, 0.5) is 0 Å². The SMILES string of the molecule is COS(=O)(=O)COc1ccc(OCS(=O)(=O)OC)c2c1SC(=C(C)C)S2. The zero-order valence-electron chi connectivity index (χ0n) is 14.5. The highest BCUT2D eigenvalue weighted by Gasteiger charge is 2.28. The van der Waals surface area contributed by atoms with Gasteiger partial charge in [-0.3, -0.25) is 8.37 Å². The molecule has 0 unspecified atom stereocenters. The van der Waals surface area contributed by atoms with Gasteiger partial charge in [0.15, 0.2) is 0 Å². The molecule has 0 N–H and O–H groups in total. The van der Waals surface area contributed by atoms with E-state index in [4.69, 9.17) is 9.47 Å². The molecule has 0 saturated heterocycles. The second-order valence-electron chi connectivity index (χ2n) is 5.18. The van der Waals surface area contributed by atoms with E-state index in [0.29, 0.717) is 21.3 Å². The number of hydrogen-bond donors (Lipinski definition) is 0. The summed E-state index contributed by atoms with van der Waals surface area (Å²) in [5, 5.41) is 0. The lowest BCUT2D eigenvalue weighted by Gasteiger charge is -2.13. The zero-order chi connectivity index (χ0) is 19.5. The maximum absolute atomic E-state index is 11.5. The van der Waals surface area contributed by atoms with Crippen LogP contribution < -0.4 is 9.47 Å². The Hall–Kier alpha value is -0.920. The Morgan fingerprint density at radius 2 is 1.23 bits per heavy atom. The first-order valence-corrected chi connectivity index (χ1v) is 11.9. The monoisotopic (exact) mass is 442 g/mol. The molecule has 0 bridgehead atoms. The van der Waals surface area contributed by atoms with Crippen molar-refractivity contribution in [3.63, 3.8) is 0 Å². The highest BCUT2D eigenvalue weighted by Crippen LogP contribution is 2.58. The van der Waals surface area contributed by atoms with Crippen molar-refractivity contribution in [2.24, 2.45) is 0 Å². The molecule has 0 spiro atoms. The summed E-state index contributed by atoms with van der Waals surface area (Å²) < 4.78 is 66.4.